The lowest BCUT2D eigenvalue weighted by Crippen LogP contribution is -2.45. The van der Waals surface area contributed by atoms with Gasteiger partial charge in [-0.15, -0.1) is 0 Å². The molecule has 0 aromatic heterocycles. The SMILES string of the molecule is C=C1C(=O)OC2(C)CCC1CC(O)C(C)=CCC=C(C)CCC2OC(C)=O. The van der Waals surface area contributed by atoms with E-state index in [-0.39, 0.29) is 11.9 Å². The first-order chi connectivity index (χ1) is 12.6. The molecule has 150 valence electrons. The van der Waals surface area contributed by atoms with Gasteiger partial charge >= 0.3 is 11.9 Å². The molecule has 0 saturated carbocycles. The number of carbonyl (C=O) groups is 2. The number of allylic oxidation sites excluding steroid dienone is 3. The maximum atomic E-state index is 12.6. The van der Waals surface area contributed by atoms with Crippen LogP contribution in [0.1, 0.15) is 66.2 Å². The van der Waals surface area contributed by atoms with Crippen LogP contribution in [0.2, 0.25) is 0 Å². The van der Waals surface area contributed by atoms with Crippen LogP contribution in [0.25, 0.3) is 0 Å². The van der Waals surface area contributed by atoms with Crippen LogP contribution in [-0.2, 0) is 19.1 Å². The summed E-state index contributed by atoms with van der Waals surface area (Å²) in [6.07, 6.45) is 6.72. The number of ether oxygens (including phenoxy) is 2. The fourth-order valence-electron chi connectivity index (χ4n) is 3.80. The van der Waals surface area contributed by atoms with Gasteiger partial charge in [-0.25, -0.2) is 4.79 Å². The van der Waals surface area contributed by atoms with E-state index in [1.165, 1.54) is 12.5 Å². The van der Waals surface area contributed by atoms with Gasteiger partial charge in [-0.2, -0.15) is 0 Å². The van der Waals surface area contributed by atoms with Crippen LogP contribution in [-0.4, -0.2) is 34.9 Å². The predicted octanol–water partition coefficient (Wildman–Crippen LogP) is 4.01. The molecular weight excluding hydrogens is 344 g/mol. The zero-order valence-corrected chi connectivity index (χ0v) is 16.9. The molecule has 1 aliphatic heterocycles. The Morgan fingerprint density at radius 2 is 2.04 bits per heavy atom. The molecule has 0 aromatic rings. The lowest BCUT2D eigenvalue weighted by molar-refractivity contribution is -0.180. The minimum atomic E-state index is -0.902. The molecule has 27 heavy (non-hydrogen) atoms. The van der Waals surface area contributed by atoms with Gasteiger partial charge in [-0.3, -0.25) is 4.79 Å². The number of hydrogen-bond acceptors (Lipinski definition) is 5. The molecule has 2 aliphatic rings. The third-order valence-electron chi connectivity index (χ3n) is 5.80. The van der Waals surface area contributed by atoms with E-state index in [0.717, 1.165) is 18.4 Å². The second-order valence-electron chi connectivity index (χ2n) is 8.09. The Bertz CT molecular complexity index is 660. The zero-order chi connectivity index (χ0) is 20.2. The summed E-state index contributed by atoms with van der Waals surface area (Å²) < 4.78 is 11.4. The normalized spacial score (nSPS) is 33.3. The summed E-state index contributed by atoms with van der Waals surface area (Å²) in [5.74, 6) is -1.00. The van der Waals surface area contributed by atoms with Crippen molar-refractivity contribution in [2.45, 2.75) is 84.0 Å². The molecule has 2 bridgehead atoms. The first kappa shape index (κ1) is 21.4. The largest absolute Gasteiger partial charge is 0.458 e. The van der Waals surface area contributed by atoms with E-state index in [1.54, 1.807) is 0 Å². The van der Waals surface area contributed by atoms with Gasteiger partial charge in [0.2, 0.25) is 0 Å². The van der Waals surface area contributed by atoms with Crippen molar-refractivity contribution >= 4 is 11.9 Å². The summed E-state index contributed by atoms with van der Waals surface area (Å²) in [5, 5.41) is 10.6. The van der Waals surface area contributed by atoms with Crippen molar-refractivity contribution < 1.29 is 24.2 Å². The highest BCUT2D eigenvalue weighted by molar-refractivity contribution is 5.89. The number of aliphatic hydroxyl groups is 1. The molecule has 0 amide bonds. The van der Waals surface area contributed by atoms with Gasteiger partial charge in [-0.1, -0.05) is 24.3 Å². The van der Waals surface area contributed by atoms with Gasteiger partial charge in [-0.05, 0) is 70.8 Å². The first-order valence-corrected chi connectivity index (χ1v) is 9.72. The maximum Gasteiger partial charge on any atom is 0.334 e. The van der Waals surface area contributed by atoms with Crippen LogP contribution in [0.15, 0.2) is 35.5 Å². The highest BCUT2D eigenvalue weighted by atomic mass is 16.6. The van der Waals surface area contributed by atoms with Crippen molar-refractivity contribution in [2.24, 2.45) is 5.92 Å². The second-order valence-corrected chi connectivity index (χ2v) is 8.09. The number of fused-ring (bicyclic) bond motifs is 3. The molecule has 4 atom stereocenters. The van der Waals surface area contributed by atoms with Crippen molar-refractivity contribution in [1.82, 2.24) is 0 Å². The molecule has 0 spiro atoms. The standard InChI is InChI=1S/C22H32O5/c1-14-7-6-8-15(2)19(24)13-18-11-12-22(5,27-21(25)16(18)3)20(10-9-14)26-17(4)23/h7-8,18-20,24H,3,6,9-13H2,1-2,4-5H3. The zero-order valence-electron chi connectivity index (χ0n) is 16.9. The van der Waals surface area contributed by atoms with E-state index >= 15 is 0 Å². The highest BCUT2D eigenvalue weighted by Crippen LogP contribution is 2.38. The Kier molecular flexibility index (Phi) is 7.04. The molecule has 0 aromatic carbocycles. The number of rotatable bonds is 1. The van der Waals surface area contributed by atoms with E-state index in [0.29, 0.717) is 31.3 Å². The molecule has 1 fully saturated rings. The van der Waals surface area contributed by atoms with Gasteiger partial charge in [0, 0.05) is 12.5 Å². The molecule has 1 aliphatic carbocycles. The number of esters is 2. The Morgan fingerprint density at radius 1 is 1.33 bits per heavy atom. The van der Waals surface area contributed by atoms with Gasteiger partial charge in [0.1, 0.15) is 11.7 Å². The Balaban J connectivity index is 2.40. The summed E-state index contributed by atoms with van der Waals surface area (Å²) in [6.45, 7) is 11.1. The van der Waals surface area contributed by atoms with Gasteiger partial charge in [0.05, 0.1) is 6.10 Å². The molecule has 1 N–H and O–H groups in total. The molecule has 2 rings (SSSR count). The van der Waals surface area contributed by atoms with E-state index < -0.39 is 23.8 Å². The minimum absolute atomic E-state index is 0.157. The topological polar surface area (TPSA) is 72.8 Å². The average molecular weight is 376 g/mol. The summed E-state index contributed by atoms with van der Waals surface area (Å²) in [5.41, 5.74) is 1.56. The highest BCUT2D eigenvalue weighted by Gasteiger charge is 2.44. The molecule has 1 heterocycles. The molecule has 1 saturated heterocycles. The Morgan fingerprint density at radius 3 is 2.70 bits per heavy atom. The summed E-state index contributed by atoms with van der Waals surface area (Å²) in [7, 11) is 0. The summed E-state index contributed by atoms with van der Waals surface area (Å²) in [4.78, 5) is 24.3. The average Bonchev–Trinajstić information content (AvgIpc) is 2.69. The van der Waals surface area contributed by atoms with E-state index in [9.17, 15) is 14.7 Å². The van der Waals surface area contributed by atoms with E-state index in [2.05, 4.69) is 12.7 Å². The molecule has 5 nitrogen and oxygen atoms in total. The van der Waals surface area contributed by atoms with Crippen molar-refractivity contribution in [3.8, 4) is 0 Å². The van der Waals surface area contributed by atoms with Crippen LogP contribution in [0.4, 0.5) is 0 Å². The number of aliphatic hydroxyl groups excluding tert-OH is 1. The van der Waals surface area contributed by atoms with Gasteiger partial charge < -0.3 is 14.6 Å². The van der Waals surface area contributed by atoms with Gasteiger partial charge in [0.15, 0.2) is 0 Å². The summed E-state index contributed by atoms with van der Waals surface area (Å²) >= 11 is 0. The van der Waals surface area contributed by atoms with Crippen molar-refractivity contribution in [1.29, 1.82) is 0 Å². The van der Waals surface area contributed by atoms with E-state index in [4.69, 9.17) is 9.47 Å². The van der Waals surface area contributed by atoms with Crippen LogP contribution in [0, 0.1) is 5.92 Å². The number of hydrogen-bond donors (Lipinski definition) is 1. The first-order valence-electron chi connectivity index (χ1n) is 9.72. The van der Waals surface area contributed by atoms with Gasteiger partial charge in [0.25, 0.3) is 0 Å². The van der Waals surface area contributed by atoms with Crippen molar-refractivity contribution in [2.75, 3.05) is 0 Å². The number of carbonyl (C=O) groups excluding carboxylic acids is 2. The van der Waals surface area contributed by atoms with E-state index in [1.807, 2.05) is 26.8 Å². The Labute approximate surface area is 162 Å². The van der Waals surface area contributed by atoms with Crippen LogP contribution in [0.3, 0.4) is 0 Å². The lowest BCUT2D eigenvalue weighted by Gasteiger charge is -2.35. The minimum Gasteiger partial charge on any atom is -0.458 e. The van der Waals surface area contributed by atoms with Crippen LogP contribution < -0.4 is 0 Å². The van der Waals surface area contributed by atoms with Crippen molar-refractivity contribution in [3.05, 3.63) is 35.5 Å². The third-order valence-corrected chi connectivity index (χ3v) is 5.80. The Hall–Kier alpha value is -1.88. The second kappa shape index (κ2) is 8.87. The maximum absolute atomic E-state index is 12.6. The molecular formula is C22H32O5. The summed E-state index contributed by atoms with van der Waals surface area (Å²) in [6, 6.07) is 0. The third kappa shape index (κ3) is 5.55. The fraction of sp³-hybridized carbons (Fsp3) is 0.636. The molecule has 4 unspecified atom stereocenters. The predicted molar refractivity (Wildman–Crippen MR) is 104 cm³/mol. The quantitative estimate of drug-likeness (QED) is 0.425. The van der Waals surface area contributed by atoms with Crippen LogP contribution >= 0.6 is 0 Å². The lowest BCUT2D eigenvalue weighted by atomic mass is 9.83. The van der Waals surface area contributed by atoms with Crippen LogP contribution in [0.5, 0.6) is 0 Å². The monoisotopic (exact) mass is 376 g/mol. The molecule has 0 radical (unpaired) electrons. The van der Waals surface area contributed by atoms with Crippen molar-refractivity contribution in [3.63, 3.8) is 0 Å². The fourth-order valence-corrected chi connectivity index (χ4v) is 3.80. The molecule has 5 heteroatoms. The smallest absolute Gasteiger partial charge is 0.334 e.